The van der Waals surface area contributed by atoms with E-state index in [1.54, 1.807) is 25.1 Å². The molecule has 0 aliphatic carbocycles. The second-order valence-electron chi connectivity index (χ2n) is 4.12. The van der Waals surface area contributed by atoms with Gasteiger partial charge in [-0.05, 0) is 36.8 Å². The van der Waals surface area contributed by atoms with Crippen molar-refractivity contribution in [1.29, 1.82) is 0 Å². The van der Waals surface area contributed by atoms with Crippen LogP contribution in [0.5, 0.6) is 0 Å². The number of carbonyl (C=O) groups is 1. The maximum absolute atomic E-state index is 13.4. The van der Waals surface area contributed by atoms with E-state index in [2.05, 4.69) is 10.6 Å². The Morgan fingerprint density at radius 2 is 1.80 bits per heavy atom. The summed E-state index contributed by atoms with van der Waals surface area (Å²) < 4.78 is 26.1. The number of halogens is 3. The molecule has 0 radical (unpaired) electrons. The number of nitrogens with one attached hydrogen (secondary N) is 2. The molecule has 2 rings (SSSR count). The van der Waals surface area contributed by atoms with Gasteiger partial charge < -0.3 is 10.6 Å². The maximum Gasteiger partial charge on any atom is 0.323 e. The van der Waals surface area contributed by atoms with Crippen LogP contribution in [0.25, 0.3) is 0 Å². The first-order chi connectivity index (χ1) is 9.47. The lowest BCUT2D eigenvalue weighted by molar-refractivity contribution is 0.262. The molecule has 0 aromatic heterocycles. The fraction of sp³-hybridized carbons (Fsp3) is 0.0714. The van der Waals surface area contributed by atoms with Gasteiger partial charge >= 0.3 is 6.03 Å². The van der Waals surface area contributed by atoms with Crippen LogP contribution in [-0.2, 0) is 0 Å². The topological polar surface area (TPSA) is 41.1 Å². The van der Waals surface area contributed by atoms with Gasteiger partial charge in [0, 0.05) is 16.8 Å². The number of rotatable bonds is 2. The van der Waals surface area contributed by atoms with Crippen molar-refractivity contribution in [1.82, 2.24) is 0 Å². The van der Waals surface area contributed by atoms with Gasteiger partial charge in [0.25, 0.3) is 0 Å². The molecular weight excluding hydrogens is 286 g/mol. The third-order valence-electron chi connectivity index (χ3n) is 2.70. The second-order valence-corrected chi connectivity index (χ2v) is 4.52. The molecule has 0 heterocycles. The number of urea groups is 1. The van der Waals surface area contributed by atoms with Crippen molar-refractivity contribution in [3.8, 4) is 0 Å². The Labute approximate surface area is 119 Å². The average Bonchev–Trinajstić information content (AvgIpc) is 2.38. The summed E-state index contributed by atoms with van der Waals surface area (Å²) in [6.45, 7) is 1.75. The van der Waals surface area contributed by atoms with Crippen LogP contribution in [0.2, 0.25) is 5.02 Å². The summed E-state index contributed by atoms with van der Waals surface area (Å²) in [5, 5.41) is 5.35. The molecule has 0 atom stereocenters. The van der Waals surface area contributed by atoms with Gasteiger partial charge in [0.1, 0.15) is 11.6 Å². The fourth-order valence-corrected chi connectivity index (χ4v) is 1.78. The predicted molar refractivity (Wildman–Crippen MR) is 75.2 cm³/mol. The Balaban J connectivity index is 2.11. The van der Waals surface area contributed by atoms with E-state index in [1.807, 2.05) is 0 Å². The number of carbonyl (C=O) groups excluding carboxylic acids is 1. The lowest BCUT2D eigenvalue weighted by atomic mass is 10.2. The molecular formula is C14H11ClF2N2O. The van der Waals surface area contributed by atoms with Crippen molar-refractivity contribution in [2.45, 2.75) is 6.92 Å². The van der Waals surface area contributed by atoms with Crippen LogP contribution in [0.1, 0.15) is 5.56 Å². The molecule has 0 saturated carbocycles. The molecule has 2 aromatic carbocycles. The summed E-state index contributed by atoms with van der Waals surface area (Å²) in [5.41, 5.74) is 1.10. The van der Waals surface area contributed by atoms with Gasteiger partial charge in [0.05, 0.1) is 5.69 Å². The van der Waals surface area contributed by atoms with Crippen molar-refractivity contribution < 1.29 is 13.6 Å². The van der Waals surface area contributed by atoms with E-state index in [0.29, 0.717) is 22.3 Å². The van der Waals surface area contributed by atoms with Crippen molar-refractivity contribution in [2.24, 2.45) is 0 Å². The smallest absolute Gasteiger partial charge is 0.307 e. The Kier molecular flexibility index (Phi) is 4.20. The van der Waals surface area contributed by atoms with E-state index in [9.17, 15) is 13.6 Å². The SMILES string of the molecule is Cc1c(Cl)cccc1NC(=O)Nc1ccc(F)cc1F. The normalized spacial score (nSPS) is 10.2. The van der Waals surface area contributed by atoms with Gasteiger partial charge in [-0.25, -0.2) is 13.6 Å². The highest BCUT2D eigenvalue weighted by Gasteiger charge is 2.10. The average molecular weight is 297 g/mol. The Morgan fingerprint density at radius 3 is 2.50 bits per heavy atom. The number of benzene rings is 2. The van der Waals surface area contributed by atoms with Gasteiger partial charge in [-0.2, -0.15) is 0 Å². The van der Waals surface area contributed by atoms with Gasteiger partial charge in [-0.15, -0.1) is 0 Å². The third kappa shape index (κ3) is 3.24. The monoisotopic (exact) mass is 296 g/mol. The highest BCUT2D eigenvalue weighted by Crippen LogP contribution is 2.23. The standard InChI is InChI=1S/C14H11ClF2N2O/c1-8-10(15)3-2-4-12(8)18-14(20)19-13-6-5-9(16)7-11(13)17/h2-7H,1H3,(H2,18,19,20). The Hall–Kier alpha value is -2.14. The van der Waals surface area contributed by atoms with E-state index >= 15 is 0 Å². The van der Waals surface area contributed by atoms with Crippen molar-refractivity contribution in [2.75, 3.05) is 10.6 Å². The van der Waals surface area contributed by atoms with Crippen LogP contribution in [0.15, 0.2) is 36.4 Å². The van der Waals surface area contributed by atoms with Crippen LogP contribution >= 0.6 is 11.6 Å². The molecule has 3 nitrogen and oxygen atoms in total. The van der Waals surface area contributed by atoms with Crippen molar-refractivity contribution in [3.63, 3.8) is 0 Å². The lowest BCUT2D eigenvalue weighted by Gasteiger charge is -2.11. The number of anilines is 2. The summed E-state index contributed by atoms with van der Waals surface area (Å²) >= 11 is 5.93. The summed E-state index contributed by atoms with van der Waals surface area (Å²) in [6.07, 6.45) is 0. The zero-order valence-electron chi connectivity index (χ0n) is 10.5. The molecule has 0 saturated heterocycles. The zero-order valence-corrected chi connectivity index (χ0v) is 11.3. The second kappa shape index (κ2) is 5.88. The minimum absolute atomic E-state index is 0.108. The first-order valence-corrected chi connectivity index (χ1v) is 6.13. The quantitative estimate of drug-likeness (QED) is 0.837. The molecule has 104 valence electrons. The van der Waals surface area contributed by atoms with Crippen LogP contribution in [0.3, 0.4) is 0 Å². The van der Waals surface area contributed by atoms with Crippen LogP contribution in [-0.4, -0.2) is 6.03 Å². The first-order valence-electron chi connectivity index (χ1n) is 5.75. The largest absolute Gasteiger partial charge is 0.323 e. The van der Waals surface area contributed by atoms with E-state index in [4.69, 9.17) is 11.6 Å². The zero-order chi connectivity index (χ0) is 14.7. The Bertz CT molecular complexity index is 662. The summed E-state index contributed by atoms with van der Waals surface area (Å²) in [6, 6.07) is 7.31. The number of hydrogen-bond acceptors (Lipinski definition) is 1. The van der Waals surface area contributed by atoms with Gasteiger partial charge in [-0.3, -0.25) is 0 Å². The number of amides is 2. The molecule has 2 amide bonds. The van der Waals surface area contributed by atoms with Crippen LogP contribution < -0.4 is 10.6 Å². The molecule has 0 aliphatic rings. The first kappa shape index (κ1) is 14.3. The molecule has 0 aliphatic heterocycles. The summed E-state index contributed by atoms with van der Waals surface area (Å²) in [5.74, 6) is -1.55. The molecule has 2 N–H and O–H groups in total. The van der Waals surface area contributed by atoms with Gasteiger partial charge in [0.15, 0.2) is 0 Å². The van der Waals surface area contributed by atoms with Gasteiger partial charge in [0.2, 0.25) is 0 Å². The predicted octanol–water partition coefficient (Wildman–Crippen LogP) is 4.57. The Morgan fingerprint density at radius 1 is 1.10 bits per heavy atom. The molecule has 0 bridgehead atoms. The highest BCUT2D eigenvalue weighted by atomic mass is 35.5. The van der Waals surface area contributed by atoms with Crippen molar-refractivity contribution in [3.05, 3.63) is 58.6 Å². The van der Waals surface area contributed by atoms with E-state index in [-0.39, 0.29) is 5.69 Å². The summed E-state index contributed by atoms with van der Waals surface area (Å²) in [4.78, 5) is 11.8. The molecule has 20 heavy (non-hydrogen) atoms. The molecule has 0 unspecified atom stereocenters. The molecule has 0 spiro atoms. The molecule has 0 fully saturated rings. The molecule has 2 aromatic rings. The third-order valence-corrected chi connectivity index (χ3v) is 3.10. The molecule has 6 heteroatoms. The van der Waals surface area contributed by atoms with Crippen molar-refractivity contribution >= 4 is 29.0 Å². The van der Waals surface area contributed by atoms with E-state index in [1.165, 1.54) is 0 Å². The van der Waals surface area contributed by atoms with E-state index in [0.717, 1.165) is 12.1 Å². The van der Waals surface area contributed by atoms with Gasteiger partial charge in [-0.1, -0.05) is 17.7 Å². The summed E-state index contributed by atoms with van der Waals surface area (Å²) in [7, 11) is 0. The fourth-order valence-electron chi connectivity index (χ4n) is 1.61. The lowest BCUT2D eigenvalue weighted by Crippen LogP contribution is -2.20. The van der Waals surface area contributed by atoms with Crippen LogP contribution in [0.4, 0.5) is 25.0 Å². The highest BCUT2D eigenvalue weighted by molar-refractivity contribution is 6.31. The minimum atomic E-state index is -0.844. The van der Waals surface area contributed by atoms with E-state index < -0.39 is 17.7 Å². The maximum atomic E-state index is 13.4. The minimum Gasteiger partial charge on any atom is -0.307 e. The van der Waals surface area contributed by atoms with Crippen LogP contribution in [0, 0.1) is 18.6 Å². The number of hydrogen-bond donors (Lipinski definition) is 2.